The topological polar surface area (TPSA) is 65.8 Å². The van der Waals surface area contributed by atoms with Crippen LogP contribution < -0.4 is 15.8 Å². The van der Waals surface area contributed by atoms with Crippen LogP contribution in [0.25, 0.3) is 11.0 Å². The number of carbonyl (C=O) groups is 1. The van der Waals surface area contributed by atoms with Gasteiger partial charge in [-0.05, 0) is 61.7 Å². The molecule has 1 aromatic heterocycles. The van der Waals surface area contributed by atoms with E-state index in [1.165, 1.54) is 36.1 Å². The molecule has 0 saturated carbocycles. The number of fused-ring (bicyclic) bond motifs is 2. The summed E-state index contributed by atoms with van der Waals surface area (Å²) in [7, 11) is 2.13. The fraction of sp³-hybridized carbons (Fsp3) is 0.385. The van der Waals surface area contributed by atoms with Gasteiger partial charge in [0.15, 0.2) is 0 Å². The summed E-state index contributed by atoms with van der Waals surface area (Å²) in [5.41, 5.74) is 3.83. The van der Waals surface area contributed by atoms with Gasteiger partial charge in [-0.25, -0.2) is 4.79 Å². The molecule has 2 aromatic carbocycles. The van der Waals surface area contributed by atoms with Gasteiger partial charge < -0.3 is 14.6 Å². The van der Waals surface area contributed by atoms with Gasteiger partial charge in [0, 0.05) is 31.2 Å². The fourth-order valence-electron chi connectivity index (χ4n) is 4.99. The molecule has 0 unspecified atom stereocenters. The molecule has 3 heterocycles. The molecule has 1 atom stereocenters. The monoisotopic (exact) mass is 431 g/mol. The lowest BCUT2D eigenvalue weighted by atomic mass is 9.98. The third kappa shape index (κ3) is 4.02. The highest BCUT2D eigenvalue weighted by Crippen LogP contribution is 2.32. The highest BCUT2D eigenvalue weighted by Gasteiger charge is 2.26. The molecule has 2 aliphatic rings. The number of amides is 1. The maximum Gasteiger partial charge on any atom is 0.349 e. The first-order valence-corrected chi connectivity index (χ1v) is 11.5. The molecule has 0 aliphatic carbocycles. The van der Waals surface area contributed by atoms with Crippen LogP contribution in [0.4, 0.5) is 5.69 Å². The Bertz CT molecular complexity index is 1200. The van der Waals surface area contributed by atoms with Crippen molar-refractivity contribution in [3.05, 3.63) is 75.6 Å². The van der Waals surface area contributed by atoms with Crippen LogP contribution in [0, 0.1) is 0 Å². The van der Waals surface area contributed by atoms with Crippen LogP contribution in [0.2, 0.25) is 0 Å². The molecule has 0 radical (unpaired) electrons. The Balaban J connectivity index is 1.39. The summed E-state index contributed by atoms with van der Waals surface area (Å²) in [4.78, 5) is 30.1. The zero-order valence-electron chi connectivity index (χ0n) is 18.5. The van der Waals surface area contributed by atoms with Crippen LogP contribution in [0.1, 0.15) is 46.8 Å². The molecule has 1 N–H and O–H groups in total. The molecule has 2 aliphatic heterocycles. The lowest BCUT2D eigenvalue weighted by Crippen LogP contribution is -2.41. The number of likely N-dealkylation sites (N-methyl/N-ethyl adjacent to an activating group) is 1. The first-order valence-electron chi connectivity index (χ1n) is 11.5. The van der Waals surface area contributed by atoms with Gasteiger partial charge in [0.05, 0.1) is 6.04 Å². The van der Waals surface area contributed by atoms with E-state index in [1.807, 2.05) is 18.2 Å². The zero-order chi connectivity index (χ0) is 22.1. The minimum absolute atomic E-state index is 0.0525. The maximum absolute atomic E-state index is 13.0. The Morgan fingerprint density at radius 3 is 2.72 bits per heavy atom. The summed E-state index contributed by atoms with van der Waals surface area (Å²) in [5, 5.41) is 3.77. The summed E-state index contributed by atoms with van der Waals surface area (Å²) in [5.74, 6) is -0.382. The predicted molar refractivity (Wildman–Crippen MR) is 126 cm³/mol. The van der Waals surface area contributed by atoms with Crippen molar-refractivity contribution in [2.24, 2.45) is 0 Å². The van der Waals surface area contributed by atoms with Gasteiger partial charge in [0.25, 0.3) is 5.91 Å². The van der Waals surface area contributed by atoms with E-state index in [0.29, 0.717) is 12.1 Å². The van der Waals surface area contributed by atoms with Crippen molar-refractivity contribution in [1.29, 1.82) is 0 Å². The number of nitrogens with zero attached hydrogens (tertiary/aromatic N) is 2. The maximum atomic E-state index is 13.0. The fourth-order valence-corrected chi connectivity index (χ4v) is 4.99. The molecule has 1 fully saturated rings. The Labute approximate surface area is 187 Å². The second kappa shape index (κ2) is 8.79. The summed E-state index contributed by atoms with van der Waals surface area (Å²) < 4.78 is 5.35. The molecule has 1 saturated heterocycles. The molecular formula is C26H29N3O3. The largest absolute Gasteiger partial charge is 0.422 e. The minimum atomic E-state index is -0.601. The van der Waals surface area contributed by atoms with E-state index in [4.69, 9.17) is 4.42 Å². The highest BCUT2D eigenvalue weighted by molar-refractivity contribution is 5.96. The Morgan fingerprint density at radius 1 is 1.06 bits per heavy atom. The number of hydrogen-bond donors (Lipinski definition) is 1. The Hall–Kier alpha value is -3.12. The molecule has 0 spiro atoms. The second-order valence-electron chi connectivity index (χ2n) is 8.87. The van der Waals surface area contributed by atoms with E-state index in [2.05, 4.69) is 40.4 Å². The van der Waals surface area contributed by atoms with Crippen LogP contribution in [0.5, 0.6) is 0 Å². The number of benzene rings is 2. The molecule has 32 heavy (non-hydrogen) atoms. The van der Waals surface area contributed by atoms with Gasteiger partial charge in [-0.3, -0.25) is 9.69 Å². The van der Waals surface area contributed by atoms with Gasteiger partial charge in [0.2, 0.25) is 0 Å². The third-order valence-electron chi connectivity index (χ3n) is 6.79. The van der Waals surface area contributed by atoms with Gasteiger partial charge in [-0.1, -0.05) is 36.8 Å². The lowest BCUT2D eigenvalue weighted by molar-refractivity contribution is 0.0921. The number of para-hydroxylation sites is 1. The minimum Gasteiger partial charge on any atom is -0.422 e. The molecular weight excluding hydrogens is 402 g/mol. The molecule has 6 heteroatoms. The van der Waals surface area contributed by atoms with E-state index >= 15 is 0 Å². The Kier molecular flexibility index (Phi) is 5.70. The predicted octanol–water partition coefficient (Wildman–Crippen LogP) is 3.74. The van der Waals surface area contributed by atoms with Crippen LogP contribution in [-0.2, 0) is 6.42 Å². The SMILES string of the molecule is CN1CCc2cc([C@H](CNC(=O)c3cc4ccccc4oc3=O)N3CCCCC3)ccc21. The zero-order valence-corrected chi connectivity index (χ0v) is 18.5. The van der Waals surface area contributed by atoms with Crippen molar-refractivity contribution >= 4 is 22.6 Å². The van der Waals surface area contributed by atoms with E-state index in [1.54, 1.807) is 12.1 Å². The highest BCUT2D eigenvalue weighted by atomic mass is 16.4. The molecule has 5 rings (SSSR count). The van der Waals surface area contributed by atoms with Crippen LogP contribution in [-0.4, -0.2) is 44.0 Å². The number of anilines is 1. The Morgan fingerprint density at radius 2 is 1.88 bits per heavy atom. The number of carbonyl (C=O) groups excluding carboxylic acids is 1. The summed E-state index contributed by atoms with van der Waals surface area (Å²) in [6.45, 7) is 3.55. The van der Waals surface area contributed by atoms with Crippen LogP contribution in [0.3, 0.4) is 0 Å². The number of likely N-dealkylation sites (tertiary alicyclic amines) is 1. The van der Waals surface area contributed by atoms with Gasteiger partial charge in [-0.2, -0.15) is 0 Å². The number of piperidine rings is 1. The van der Waals surface area contributed by atoms with E-state index in [-0.39, 0.29) is 17.5 Å². The van der Waals surface area contributed by atoms with Crippen molar-refractivity contribution in [2.45, 2.75) is 31.7 Å². The van der Waals surface area contributed by atoms with E-state index in [9.17, 15) is 9.59 Å². The van der Waals surface area contributed by atoms with Crippen LogP contribution >= 0.6 is 0 Å². The van der Waals surface area contributed by atoms with Gasteiger partial charge in [0.1, 0.15) is 11.1 Å². The normalized spacial score (nSPS) is 17.3. The summed E-state index contributed by atoms with van der Waals surface area (Å²) in [6.07, 6.45) is 4.65. The lowest BCUT2D eigenvalue weighted by Gasteiger charge is -2.35. The molecule has 0 bridgehead atoms. The van der Waals surface area contributed by atoms with Crippen molar-refractivity contribution < 1.29 is 9.21 Å². The average Bonchev–Trinajstić information content (AvgIpc) is 3.19. The molecule has 3 aromatic rings. The molecule has 6 nitrogen and oxygen atoms in total. The molecule has 1 amide bonds. The first-order chi connectivity index (χ1) is 15.6. The first kappa shape index (κ1) is 20.8. The smallest absolute Gasteiger partial charge is 0.349 e. The van der Waals surface area contributed by atoms with E-state index in [0.717, 1.165) is 31.4 Å². The number of hydrogen-bond acceptors (Lipinski definition) is 5. The van der Waals surface area contributed by atoms with Crippen molar-refractivity contribution in [1.82, 2.24) is 10.2 Å². The van der Waals surface area contributed by atoms with Gasteiger partial charge in [-0.15, -0.1) is 0 Å². The second-order valence-corrected chi connectivity index (χ2v) is 8.87. The van der Waals surface area contributed by atoms with E-state index < -0.39 is 5.63 Å². The number of nitrogens with one attached hydrogen (secondary N) is 1. The van der Waals surface area contributed by atoms with Crippen molar-refractivity contribution in [3.8, 4) is 0 Å². The quantitative estimate of drug-likeness (QED) is 0.624. The van der Waals surface area contributed by atoms with Gasteiger partial charge >= 0.3 is 5.63 Å². The standard InChI is InChI=1S/C26H29N3O3/c1-28-14-11-19-15-18(9-10-22(19)28)23(29-12-5-2-6-13-29)17-27-25(30)21-16-20-7-3-4-8-24(20)32-26(21)31/h3-4,7-10,15-16,23H,2,5-6,11-14,17H2,1H3,(H,27,30)/t23-/m0/s1. The van der Waals surface area contributed by atoms with Crippen molar-refractivity contribution in [3.63, 3.8) is 0 Å². The van der Waals surface area contributed by atoms with Crippen LogP contribution in [0.15, 0.2) is 57.7 Å². The third-order valence-corrected chi connectivity index (χ3v) is 6.79. The summed E-state index contributed by atoms with van der Waals surface area (Å²) >= 11 is 0. The molecule has 166 valence electrons. The number of rotatable bonds is 5. The average molecular weight is 432 g/mol. The van der Waals surface area contributed by atoms with Crippen molar-refractivity contribution in [2.75, 3.05) is 38.1 Å². The summed E-state index contributed by atoms with van der Waals surface area (Å²) in [6, 6.07) is 15.6.